The van der Waals surface area contributed by atoms with Crippen LogP contribution in [0, 0.1) is 0 Å². The summed E-state index contributed by atoms with van der Waals surface area (Å²) in [6.45, 7) is 0.166. The van der Waals surface area contributed by atoms with E-state index in [0.29, 0.717) is 16.5 Å². The second-order valence-corrected chi connectivity index (χ2v) is 9.35. The number of nitrogens with zero attached hydrogens (tertiary/aromatic N) is 1. The summed E-state index contributed by atoms with van der Waals surface area (Å²) in [7, 11) is -4.47. The van der Waals surface area contributed by atoms with Crippen molar-refractivity contribution in [1.82, 2.24) is 4.90 Å². The summed E-state index contributed by atoms with van der Waals surface area (Å²) in [5.74, 6) is -5.53. The Bertz CT molecular complexity index is 1040. The summed E-state index contributed by atoms with van der Waals surface area (Å²) in [6, 6.07) is 6.48. The minimum absolute atomic E-state index is 0. The molecule has 31 heavy (non-hydrogen) atoms. The van der Waals surface area contributed by atoms with Gasteiger partial charge in [-0.05, 0) is 18.6 Å². The minimum atomic E-state index is -4.47. The Morgan fingerprint density at radius 1 is 1.16 bits per heavy atom. The second-order valence-electron chi connectivity index (χ2n) is 6.89. The zero-order valence-electron chi connectivity index (χ0n) is 17.1. The van der Waals surface area contributed by atoms with Crippen molar-refractivity contribution >= 4 is 33.7 Å². The third-order valence-corrected chi connectivity index (χ3v) is 7.72. The molecule has 0 bridgehead atoms. The number of aliphatic carboxylic acids is 2. The molecule has 1 amide bonds. The second kappa shape index (κ2) is 10.2. The predicted molar refractivity (Wildman–Crippen MR) is 90.9 cm³/mol. The molecule has 1 aromatic rings. The number of ether oxygens (including phenoxy) is 1. The van der Waals surface area contributed by atoms with Gasteiger partial charge >= 0.3 is 65.1 Å². The Labute approximate surface area is 222 Å². The van der Waals surface area contributed by atoms with Crippen molar-refractivity contribution in [1.29, 1.82) is 0 Å². The SMILES string of the molecule is C[C@]1(COC(=O)Cc2ccccc2)[C@H](C(=O)[O-])N2C(=O)/C(=C\C(=O)[O-])[C@H]2S1(=O)=O.[Na+].[Na+]. The van der Waals surface area contributed by atoms with Gasteiger partial charge in [-0.3, -0.25) is 9.59 Å². The quantitative estimate of drug-likeness (QED) is 0.171. The third kappa shape index (κ3) is 4.77. The molecule has 2 aliphatic rings. The largest absolute Gasteiger partial charge is 1.00 e. The van der Waals surface area contributed by atoms with Gasteiger partial charge in [0.05, 0.1) is 30.0 Å². The molecule has 0 aliphatic carbocycles. The summed E-state index contributed by atoms with van der Waals surface area (Å²) in [5.41, 5.74) is -0.0119. The van der Waals surface area contributed by atoms with Crippen LogP contribution in [-0.4, -0.2) is 59.9 Å². The van der Waals surface area contributed by atoms with Gasteiger partial charge in [0, 0.05) is 0 Å². The van der Waals surface area contributed by atoms with Gasteiger partial charge in [0.15, 0.2) is 15.2 Å². The summed E-state index contributed by atoms with van der Waals surface area (Å²) in [6.07, 6.45) is 0.148. The molecule has 3 atom stereocenters. The van der Waals surface area contributed by atoms with Crippen molar-refractivity contribution in [3.63, 3.8) is 0 Å². The van der Waals surface area contributed by atoms with Gasteiger partial charge in [-0.15, -0.1) is 0 Å². The van der Waals surface area contributed by atoms with Crippen LogP contribution in [0.1, 0.15) is 12.5 Å². The summed E-state index contributed by atoms with van der Waals surface area (Å²) in [5, 5.41) is 20.6. The number of carbonyl (C=O) groups is 4. The Morgan fingerprint density at radius 2 is 1.74 bits per heavy atom. The maximum atomic E-state index is 13.0. The van der Waals surface area contributed by atoms with Crippen LogP contribution in [0.4, 0.5) is 0 Å². The molecule has 0 aromatic heterocycles. The summed E-state index contributed by atoms with van der Waals surface area (Å²) >= 11 is 0. The number of β-lactam (4-membered cyclic amide) rings is 1. The van der Waals surface area contributed by atoms with Crippen molar-refractivity contribution in [2.45, 2.75) is 29.5 Å². The number of rotatable bonds is 6. The van der Waals surface area contributed by atoms with Gasteiger partial charge < -0.3 is 29.4 Å². The van der Waals surface area contributed by atoms with Crippen LogP contribution in [-0.2, 0) is 40.2 Å². The molecular formula is C18H15NNa2O9S. The first-order valence-electron chi connectivity index (χ1n) is 8.40. The molecule has 3 rings (SSSR count). The molecule has 0 N–H and O–H groups in total. The predicted octanol–water partition coefficient (Wildman–Crippen LogP) is -9.07. The molecular weight excluding hydrogens is 452 g/mol. The molecule has 2 fully saturated rings. The van der Waals surface area contributed by atoms with E-state index in [2.05, 4.69) is 0 Å². The van der Waals surface area contributed by atoms with Crippen LogP contribution in [0.25, 0.3) is 0 Å². The van der Waals surface area contributed by atoms with E-state index in [1.807, 2.05) is 0 Å². The zero-order valence-corrected chi connectivity index (χ0v) is 21.9. The van der Waals surface area contributed by atoms with Gasteiger partial charge in [0.25, 0.3) is 5.91 Å². The van der Waals surface area contributed by atoms with Crippen LogP contribution < -0.4 is 69.3 Å². The number of amides is 1. The van der Waals surface area contributed by atoms with E-state index in [1.165, 1.54) is 0 Å². The van der Waals surface area contributed by atoms with Crippen LogP contribution in [0.5, 0.6) is 0 Å². The molecule has 2 aliphatic heterocycles. The third-order valence-electron chi connectivity index (χ3n) is 5.01. The summed E-state index contributed by atoms with van der Waals surface area (Å²) in [4.78, 5) is 47.2. The first-order valence-corrected chi connectivity index (χ1v) is 9.94. The molecule has 2 heterocycles. The van der Waals surface area contributed by atoms with E-state index in [-0.39, 0.29) is 65.5 Å². The molecule has 0 radical (unpaired) electrons. The van der Waals surface area contributed by atoms with Crippen LogP contribution in [0.15, 0.2) is 42.0 Å². The number of fused-ring (bicyclic) bond motifs is 1. The van der Waals surface area contributed by atoms with Gasteiger partial charge in [-0.1, -0.05) is 30.3 Å². The van der Waals surface area contributed by atoms with Gasteiger partial charge in [0.1, 0.15) is 11.4 Å². The van der Waals surface area contributed by atoms with Crippen molar-refractivity contribution < 1.29 is 102 Å². The number of hydrogen-bond acceptors (Lipinski definition) is 9. The fraction of sp³-hybridized carbons (Fsp3) is 0.333. The Balaban J connectivity index is 0.00000240. The first-order chi connectivity index (χ1) is 13.5. The number of sulfone groups is 1. The van der Waals surface area contributed by atoms with E-state index >= 15 is 0 Å². The van der Waals surface area contributed by atoms with Crippen LogP contribution in [0.3, 0.4) is 0 Å². The standard InChI is InChI=1S/C18H17NO9S.2Na/c1-18(9-28-13(22)7-10-5-3-2-4-6-10)14(17(24)25)19-15(23)11(8-12(20)21)16(19)29(18,26)27;;/h2-6,8,14,16H,7,9H2,1H3,(H,20,21)(H,24,25);;/q;2*+1/p-2/b11-8+;;/t14-,16+,18-;;/m0../s1. The van der Waals surface area contributed by atoms with Crippen molar-refractivity contribution in [3.8, 4) is 0 Å². The Morgan fingerprint density at radius 3 is 2.26 bits per heavy atom. The van der Waals surface area contributed by atoms with Crippen molar-refractivity contribution in [2.24, 2.45) is 0 Å². The normalized spacial score (nSPS) is 26.7. The van der Waals surface area contributed by atoms with Gasteiger partial charge in [0.2, 0.25) is 0 Å². The average Bonchev–Trinajstić information content (AvgIpc) is 2.80. The molecule has 2 saturated heterocycles. The number of carboxylic acids is 2. The van der Waals surface area contributed by atoms with E-state index in [1.54, 1.807) is 30.3 Å². The number of carboxylic acid groups (broad SMARTS) is 2. The van der Waals surface area contributed by atoms with E-state index in [4.69, 9.17) is 4.74 Å². The molecule has 0 unspecified atom stereocenters. The summed E-state index contributed by atoms with van der Waals surface area (Å²) < 4.78 is 28.7. The molecule has 0 saturated carbocycles. The molecule has 154 valence electrons. The Hall–Kier alpha value is -1.21. The fourth-order valence-corrected chi connectivity index (χ4v) is 5.81. The number of benzene rings is 1. The maximum Gasteiger partial charge on any atom is 1.00 e. The number of hydrogen-bond donors (Lipinski definition) is 0. The van der Waals surface area contributed by atoms with Gasteiger partial charge in [-0.2, -0.15) is 0 Å². The smallest absolute Gasteiger partial charge is 0.548 e. The number of esters is 1. The topological polar surface area (TPSA) is 161 Å². The fourth-order valence-electron chi connectivity index (χ4n) is 3.54. The monoisotopic (exact) mass is 467 g/mol. The molecule has 13 heteroatoms. The van der Waals surface area contributed by atoms with Gasteiger partial charge in [-0.25, -0.2) is 8.42 Å². The average molecular weight is 467 g/mol. The zero-order chi connectivity index (χ0) is 21.6. The molecule has 1 aromatic carbocycles. The minimum Gasteiger partial charge on any atom is -0.548 e. The maximum absolute atomic E-state index is 13.0. The van der Waals surface area contributed by atoms with E-state index in [0.717, 1.165) is 6.92 Å². The Kier molecular flexibility index (Phi) is 9.12. The molecule has 10 nitrogen and oxygen atoms in total. The van der Waals surface area contributed by atoms with E-state index < -0.39 is 62.0 Å². The van der Waals surface area contributed by atoms with Crippen LogP contribution >= 0.6 is 0 Å². The molecule has 0 spiro atoms. The number of carbonyl (C=O) groups excluding carboxylic acids is 4. The van der Waals surface area contributed by atoms with Crippen LogP contribution in [0.2, 0.25) is 0 Å². The van der Waals surface area contributed by atoms with Crippen molar-refractivity contribution in [3.05, 3.63) is 47.5 Å². The van der Waals surface area contributed by atoms with E-state index in [9.17, 15) is 37.8 Å². The first kappa shape index (κ1) is 27.8. The van der Waals surface area contributed by atoms with Crippen molar-refractivity contribution in [2.75, 3.05) is 6.61 Å².